The summed E-state index contributed by atoms with van der Waals surface area (Å²) in [5, 5.41) is 11.8. The van der Waals surface area contributed by atoms with Crippen LogP contribution in [-0.4, -0.2) is 21.9 Å². The topological polar surface area (TPSA) is 68.0 Å². The first-order valence-electron chi connectivity index (χ1n) is 7.33. The molecule has 0 saturated heterocycles. The third-order valence-electron chi connectivity index (χ3n) is 3.20. The predicted octanol–water partition coefficient (Wildman–Crippen LogP) is 4.56. The predicted molar refractivity (Wildman–Crippen MR) is 101 cm³/mol. The fraction of sp³-hybridized carbons (Fsp3) is 0.118. The average molecular weight is 439 g/mol. The SMILES string of the molecule is O=C(CSc1nnc(-c2ccc(Br)cc2)o1)NCc1cccc(Cl)c1. The van der Waals surface area contributed by atoms with Crippen molar-refractivity contribution >= 4 is 45.2 Å². The van der Waals surface area contributed by atoms with E-state index in [0.717, 1.165) is 15.6 Å². The minimum absolute atomic E-state index is 0.117. The lowest BCUT2D eigenvalue weighted by molar-refractivity contribution is -0.118. The number of benzene rings is 2. The summed E-state index contributed by atoms with van der Waals surface area (Å²) in [6, 6.07) is 14.9. The molecule has 0 radical (unpaired) electrons. The van der Waals surface area contributed by atoms with Gasteiger partial charge in [-0.3, -0.25) is 4.79 Å². The van der Waals surface area contributed by atoms with Crippen LogP contribution in [-0.2, 0) is 11.3 Å². The number of nitrogens with zero attached hydrogens (tertiary/aromatic N) is 2. The number of nitrogens with one attached hydrogen (secondary N) is 1. The molecule has 1 N–H and O–H groups in total. The van der Waals surface area contributed by atoms with Crippen molar-refractivity contribution in [1.82, 2.24) is 15.5 Å². The maximum absolute atomic E-state index is 11.9. The van der Waals surface area contributed by atoms with Crippen LogP contribution in [0.25, 0.3) is 11.5 Å². The second kappa shape index (κ2) is 8.51. The smallest absolute Gasteiger partial charge is 0.277 e. The number of halogens is 2. The Balaban J connectivity index is 1.50. The average Bonchev–Trinajstić information content (AvgIpc) is 3.08. The summed E-state index contributed by atoms with van der Waals surface area (Å²) < 4.78 is 6.54. The van der Waals surface area contributed by atoms with Crippen molar-refractivity contribution in [3.05, 3.63) is 63.6 Å². The van der Waals surface area contributed by atoms with E-state index < -0.39 is 0 Å². The van der Waals surface area contributed by atoms with Crippen LogP contribution >= 0.6 is 39.3 Å². The van der Waals surface area contributed by atoms with Gasteiger partial charge in [0.05, 0.1) is 5.75 Å². The van der Waals surface area contributed by atoms with E-state index >= 15 is 0 Å². The summed E-state index contributed by atoms with van der Waals surface area (Å²) in [5.41, 5.74) is 1.77. The number of hydrogen-bond acceptors (Lipinski definition) is 5. The zero-order valence-corrected chi connectivity index (χ0v) is 16.1. The molecule has 0 aliphatic heterocycles. The normalized spacial score (nSPS) is 10.6. The highest BCUT2D eigenvalue weighted by molar-refractivity contribution is 9.10. The van der Waals surface area contributed by atoms with Gasteiger partial charge in [0, 0.05) is 21.6 Å². The molecule has 0 fully saturated rings. The highest BCUT2D eigenvalue weighted by Gasteiger charge is 2.11. The molecule has 25 heavy (non-hydrogen) atoms. The largest absolute Gasteiger partial charge is 0.411 e. The standard InChI is InChI=1S/C17H13BrClN3O2S/c18-13-6-4-12(5-7-13)16-21-22-17(24-16)25-10-15(23)20-9-11-2-1-3-14(19)8-11/h1-8H,9-10H2,(H,20,23). The van der Waals surface area contributed by atoms with Gasteiger partial charge in [-0.1, -0.05) is 51.4 Å². The van der Waals surface area contributed by atoms with Crippen LogP contribution in [0.4, 0.5) is 0 Å². The van der Waals surface area contributed by atoms with E-state index in [9.17, 15) is 4.79 Å². The molecule has 0 atom stereocenters. The Morgan fingerprint density at radius 3 is 2.76 bits per heavy atom. The minimum atomic E-state index is -0.117. The molecule has 128 valence electrons. The minimum Gasteiger partial charge on any atom is -0.411 e. The molecular formula is C17H13BrClN3O2S. The second-order valence-corrected chi connectivity index (χ2v) is 7.35. The Morgan fingerprint density at radius 1 is 1.20 bits per heavy atom. The highest BCUT2D eigenvalue weighted by atomic mass is 79.9. The first-order chi connectivity index (χ1) is 12.1. The van der Waals surface area contributed by atoms with Crippen molar-refractivity contribution in [3.63, 3.8) is 0 Å². The zero-order chi connectivity index (χ0) is 17.6. The van der Waals surface area contributed by atoms with Crippen molar-refractivity contribution in [2.75, 3.05) is 5.75 Å². The maximum atomic E-state index is 11.9. The van der Waals surface area contributed by atoms with Crippen LogP contribution in [0.5, 0.6) is 0 Å². The van der Waals surface area contributed by atoms with E-state index in [1.165, 1.54) is 11.8 Å². The number of carbonyl (C=O) groups is 1. The Hall–Kier alpha value is -1.83. The fourth-order valence-corrected chi connectivity index (χ4v) is 3.07. The molecule has 5 nitrogen and oxygen atoms in total. The van der Waals surface area contributed by atoms with Crippen molar-refractivity contribution in [2.24, 2.45) is 0 Å². The van der Waals surface area contributed by atoms with Crippen molar-refractivity contribution in [3.8, 4) is 11.5 Å². The molecule has 0 unspecified atom stereocenters. The van der Waals surface area contributed by atoms with Crippen LogP contribution in [0.1, 0.15) is 5.56 Å². The van der Waals surface area contributed by atoms with Gasteiger partial charge >= 0.3 is 0 Å². The highest BCUT2D eigenvalue weighted by Crippen LogP contribution is 2.24. The third kappa shape index (κ3) is 5.32. The van der Waals surface area contributed by atoms with Gasteiger partial charge in [0.2, 0.25) is 11.8 Å². The molecule has 1 aromatic heterocycles. The molecule has 1 heterocycles. The number of aromatic nitrogens is 2. The molecule has 2 aromatic carbocycles. The summed E-state index contributed by atoms with van der Waals surface area (Å²) in [7, 11) is 0. The third-order valence-corrected chi connectivity index (χ3v) is 4.79. The molecule has 0 bridgehead atoms. The molecule has 0 saturated carbocycles. The number of hydrogen-bond donors (Lipinski definition) is 1. The van der Waals surface area contributed by atoms with Gasteiger partial charge < -0.3 is 9.73 Å². The van der Waals surface area contributed by atoms with Crippen LogP contribution in [0.3, 0.4) is 0 Å². The number of thioether (sulfide) groups is 1. The molecule has 0 spiro atoms. The summed E-state index contributed by atoms with van der Waals surface area (Å²) in [6.07, 6.45) is 0. The lowest BCUT2D eigenvalue weighted by Crippen LogP contribution is -2.24. The van der Waals surface area contributed by atoms with Gasteiger partial charge in [-0.15, -0.1) is 10.2 Å². The van der Waals surface area contributed by atoms with E-state index in [-0.39, 0.29) is 11.7 Å². The van der Waals surface area contributed by atoms with Crippen LogP contribution in [0.15, 0.2) is 62.6 Å². The van der Waals surface area contributed by atoms with E-state index in [4.69, 9.17) is 16.0 Å². The van der Waals surface area contributed by atoms with Gasteiger partial charge in [-0.25, -0.2) is 0 Å². The summed E-state index contributed by atoms with van der Waals surface area (Å²) in [6.45, 7) is 0.425. The number of amides is 1. The molecule has 3 aromatic rings. The van der Waals surface area contributed by atoms with Gasteiger partial charge in [0.15, 0.2) is 0 Å². The molecule has 0 aliphatic rings. The van der Waals surface area contributed by atoms with E-state index in [1.54, 1.807) is 6.07 Å². The van der Waals surface area contributed by atoms with Gasteiger partial charge in [0.25, 0.3) is 5.22 Å². The zero-order valence-electron chi connectivity index (χ0n) is 12.9. The van der Waals surface area contributed by atoms with Crippen molar-refractivity contribution < 1.29 is 9.21 Å². The van der Waals surface area contributed by atoms with Crippen LogP contribution < -0.4 is 5.32 Å². The maximum Gasteiger partial charge on any atom is 0.277 e. The Morgan fingerprint density at radius 2 is 2.00 bits per heavy atom. The second-order valence-electron chi connectivity index (χ2n) is 5.08. The van der Waals surface area contributed by atoms with Crippen molar-refractivity contribution in [1.29, 1.82) is 0 Å². The van der Waals surface area contributed by atoms with E-state index in [1.807, 2.05) is 42.5 Å². The number of carbonyl (C=O) groups excluding carboxylic acids is 1. The Labute approximate surface area is 162 Å². The van der Waals surface area contributed by atoms with Crippen LogP contribution in [0, 0.1) is 0 Å². The Bertz CT molecular complexity index is 870. The molecule has 3 rings (SSSR count). The van der Waals surface area contributed by atoms with E-state index in [2.05, 4.69) is 31.4 Å². The number of rotatable bonds is 6. The monoisotopic (exact) mass is 437 g/mol. The van der Waals surface area contributed by atoms with Gasteiger partial charge in [0.1, 0.15) is 0 Å². The first kappa shape index (κ1) is 18.0. The summed E-state index contributed by atoms with van der Waals surface area (Å²) in [4.78, 5) is 11.9. The molecule has 8 heteroatoms. The lowest BCUT2D eigenvalue weighted by Gasteiger charge is -2.04. The summed E-state index contributed by atoms with van der Waals surface area (Å²) in [5.74, 6) is 0.505. The van der Waals surface area contributed by atoms with Gasteiger partial charge in [-0.05, 0) is 42.0 Å². The quantitative estimate of drug-likeness (QED) is 0.571. The van der Waals surface area contributed by atoms with Crippen LogP contribution in [0.2, 0.25) is 5.02 Å². The molecular weight excluding hydrogens is 426 g/mol. The van der Waals surface area contributed by atoms with Crippen molar-refractivity contribution in [2.45, 2.75) is 11.8 Å². The Kier molecular flexibility index (Phi) is 6.12. The first-order valence-corrected chi connectivity index (χ1v) is 9.49. The van der Waals surface area contributed by atoms with Gasteiger partial charge in [-0.2, -0.15) is 0 Å². The summed E-state index contributed by atoms with van der Waals surface area (Å²) >= 11 is 10.5. The molecule has 0 aliphatic carbocycles. The fourth-order valence-electron chi connectivity index (χ4n) is 2.00. The lowest BCUT2D eigenvalue weighted by atomic mass is 10.2. The van der Waals surface area contributed by atoms with E-state index in [0.29, 0.717) is 22.7 Å². The molecule has 1 amide bonds.